The standard InChI is InChI=1S/C14H20O3/c1-9(2)17-12-7-6-11(8-10(12)3)14(4,5)13(15)16/h6-9H,1-5H3,(H,15,16). The highest BCUT2D eigenvalue weighted by Gasteiger charge is 2.29. The first-order chi connectivity index (χ1) is 7.75. The molecule has 0 unspecified atom stereocenters. The lowest BCUT2D eigenvalue weighted by Crippen LogP contribution is -2.28. The summed E-state index contributed by atoms with van der Waals surface area (Å²) in [7, 11) is 0. The van der Waals surface area contributed by atoms with Gasteiger partial charge in [-0.05, 0) is 51.8 Å². The molecule has 0 aromatic heterocycles. The second-order valence-electron chi connectivity index (χ2n) is 5.08. The fraction of sp³-hybridized carbons (Fsp3) is 0.500. The van der Waals surface area contributed by atoms with E-state index in [1.165, 1.54) is 0 Å². The van der Waals surface area contributed by atoms with E-state index >= 15 is 0 Å². The predicted octanol–water partition coefficient (Wildman–Crippen LogP) is 3.14. The van der Waals surface area contributed by atoms with E-state index in [0.717, 1.165) is 16.9 Å². The number of hydrogen-bond donors (Lipinski definition) is 1. The van der Waals surface area contributed by atoms with Crippen LogP contribution in [-0.2, 0) is 10.2 Å². The third kappa shape index (κ3) is 2.99. The number of rotatable bonds is 4. The van der Waals surface area contributed by atoms with Gasteiger partial charge in [0.05, 0.1) is 11.5 Å². The van der Waals surface area contributed by atoms with Crippen LogP contribution in [0.5, 0.6) is 5.75 Å². The van der Waals surface area contributed by atoms with Gasteiger partial charge in [-0.1, -0.05) is 12.1 Å². The van der Waals surface area contributed by atoms with E-state index in [1.807, 2.05) is 39.0 Å². The van der Waals surface area contributed by atoms with Crippen molar-refractivity contribution in [1.82, 2.24) is 0 Å². The summed E-state index contributed by atoms with van der Waals surface area (Å²) >= 11 is 0. The molecule has 94 valence electrons. The summed E-state index contributed by atoms with van der Waals surface area (Å²) in [5.74, 6) is -0.0145. The predicted molar refractivity (Wildman–Crippen MR) is 67.6 cm³/mol. The molecule has 0 aliphatic rings. The van der Waals surface area contributed by atoms with Crippen LogP contribution in [0, 0.1) is 6.92 Å². The number of hydrogen-bond acceptors (Lipinski definition) is 2. The van der Waals surface area contributed by atoms with Gasteiger partial charge in [0.25, 0.3) is 0 Å². The van der Waals surface area contributed by atoms with Crippen LogP contribution >= 0.6 is 0 Å². The van der Waals surface area contributed by atoms with Crippen LogP contribution in [0.2, 0.25) is 0 Å². The summed E-state index contributed by atoms with van der Waals surface area (Å²) in [6.07, 6.45) is 0.118. The normalized spacial score (nSPS) is 11.6. The highest BCUT2D eigenvalue weighted by Crippen LogP contribution is 2.28. The van der Waals surface area contributed by atoms with Crippen molar-refractivity contribution in [3.63, 3.8) is 0 Å². The summed E-state index contributed by atoms with van der Waals surface area (Å²) in [5.41, 5.74) is 0.880. The van der Waals surface area contributed by atoms with Crippen LogP contribution in [-0.4, -0.2) is 17.2 Å². The molecule has 0 radical (unpaired) electrons. The molecule has 1 rings (SSSR count). The molecular weight excluding hydrogens is 216 g/mol. The fourth-order valence-corrected chi connectivity index (χ4v) is 1.55. The molecule has 0 spiro atoms. The maximum absolute atomic E-state index is 11.2. The van der Waals surface area contributed by atoms with Crippen molar-refractivity contribution in [3.05, 3.63) is 29.3 Å². The van der Waals surface area contributed by atoms with Gasteiger partial charge in [-0.3, -0.25) is 4.79 Å². The molecule has 1 aromatic carbocycles. The zero-order valence-electron chi connectivity index (χ0n) is 11.1. The van der Waals surface area contributed by atoms with Gasteiger partial charge >= 0.3 is 5.97 Å². The molecule has 0 aliphatic carbocycles. The van der Waals surface area contributed by atoms with Gasteiger partial charge in [-0.2, -0.15) is 0 Å². The Bertz CT molecular complexity index is 419. The number of ether oxygens (including phenoxy) is 1. The number of carbonyl (C=O) groups is 1. The minimum Gasteiger partial charge on any atom is -0.491 e. The summed E-state index contributed by atoms with van der Waals surface area (Å²) in [4.78, 5) is 11.2. The Hall–Kier alpha value is -1.51. The molecule has 0 saturated carbocycles. The molecule has 1 aromatic rings. The molecule has 17 heavy (non-hydrogen) atoms. The highest BCUT2D eigenvalue weighted by atomic mass is 16.5. The van der Waals surface area contributed by atoms with Crippen LogP contribution in [0.3, 0.4) is 0 Å². The molecule has 0 bridgehead atoms. The molecule has 0 amide bonds. The Kier molecular flexibility index (Phi) is 3.81. The minimum absolute atomic E-state index is 0.118. The summed E-state index contributed by atoms with van der Waals surface area (Å²) < 4.78 is 5.63. The molecule has 0 aliphatic heterocycles. The molecule has 1 N–H and O–H groups in total. The van der Waals surface area contributed by atoms with Crippen molar-refractivity contribution in [1.29, 1.82) is 0 Å². The van der Waals surface area contributed by atoms with Crippen LogP contribution in [0.15, 0.2) is 18.2 Å². The third-order valence-electron chi connectivity index (χ3n) is 2.79. The number of carboxylic acid groups (broad SMARTS) is 1. The van der Waals surface area contributed by atoms with E-state index in [2.05, 4.69) is 0 Å². The smallest absolute Gasteiger partial charge is 0.313 e. The van der Waals surface area contributed by atoms with Crippen molar-refractivity contribution in [2.75, 3.05) is 0 Å². The zero-order valence-corrected chi connectivity index (χ0v) is 11.1. The Labute approximate surface area is 102 Å². The first-order valence-corrected chi connectivity index (χ1v) is 5.76. The lowest BCUT2D eigenvalue weighted by molar-refractivity contribution is -0.142. The van der Waals surface area contributed by atoms with E-state index in [1.54, 1.807) is 13.8 Å². The monoisotopic (exact) mass is 236 g/mol. The summed E-state index contributed by atoms with van der Waals surface area (Å²) in [6.45, 7) is 9.27. The quantitative estimate of drug-likeness (QED) is 0.873. The second-order valence-corrected chi connectivity index (χ2v) is 5.08. The molecule has 0 fully saturated rings. The van der Waals surface area contributed by atoms with E-state index in [-0.39, 0.29) is 6.10 Å². The van der Waals surface area contributed by atoms with Gasteiger partial charge < -0.3 is 9.84 Å². The molecular formula is C14H20O3. The maximum Gasteiger partial charge on any atom is 0.313 e. The zero-order chi connectivity index (χ0) is 13.2. The lowest BCUT2D eigenvalue weighted by Gasteiger charge is -2.21. The number of aryl methyl sites for hydroxylation is 1. The third-order valence-corrected chi connectivity index (χ3v) is 2.79. The molecule has 0 heterocycles. The second kappa shape index (κ2) is 4.78. The highest BCUT2D eigenvalue weighted by molar-refractivity contribution is 5.80. The van der Waals surface area contributed by atoms with Crippen LogP contribution in [0.1, 0.15) is 38.8 Å². The van der Waals surface area contributed by atoms with Gasteiger partial charge in [0.15, 0.2) is 0 Å². The number of benzene rings is 1. The van der Waals surface area contributed by atoms with Gasteiger partial charge in [0.1, 0.15) is 5.75 Å². The lowest BCUT2D eigenvalue weighted by atomic mass is 9.84. The van der Waals surface area contributed by atoms with Crippen molar-refractivity contribution in [3.8, 4) is 5.75 Å². The molecule has 3 nitrogen and oxygen atoms in total. The van der Waals surface area contributed by atoms with Gasteiger partial charge in [0.2, 0.25) is 0 Å². The summed E-state index contributed by atoms with van der Waals surface area (Å²) in [5, 5.41) is 9.17. The van der Waals surface area contributed by atoms with E-state index < -0.39 is 11.4 Å². The Morgan fingerprint density at radius 3 is 2.35 bits per heavy atom. The fourth-order valence-electron chi connectivity index (χ4n) is 1.55. The van der Waals surface area contributed by atoms with Crippen molar-refractivity contribution in [2.45, 2.75) is 46.1 Å². The van der Waals surface area contributed by atoms with E-state index in [0.29, 0.717) is 0 Å². The maximum atomic E-state index is 11.2. The Balaban J connectivity index is 3.08. The average Bonchev–Trinajstić information content (AvgIpc) is 2.20. The number of aliphatic carboxylic acids is 1. The Morgan fingerprint density at radius 2 is 1.94 bits per heavy atom. The number of carboxylic acids is 1. The average molecular weight is 236 g/mol. The molecule has 3 heteroatoms. The first-order valence-electron chi connectivity index (χ1n) is 5.76. The molecule has 0 saturated heterocycles. The summed E-state index contributed by atoms with van der Waals surface area (Å²) in [6, 6.07) is 5.54. The molecule has 0 atom stereocenters. The van der Waals surface area contributed by atoms with Crippen LogP contribution < -0.4 is 4.74 Å². The Morgan fingerprint density at radius 1 is 1.35 bits per heavy atom. The minimum atomic E-state index is -0.874. The van der Waals surface area contributed by atoms with Crippen molar-refractivity contribution < 1.29 is 14.6 Å². The van der Waals surface area contributed by atoms with Gasteiger partial charge in [0, 0.05) is 0 Å². The van der Waals surface area contributed by atoms with Gasteiger partial charge in [-0.15, -0.1) is 0 Å². The van der Waals surface area contributed by atoms with Crippen LogP contribution in [0.25, 0.3) is 0 Å². The van der Waals surface area contributed by atoms with Crippen LogP contribution in [0.4, 0.5) is 0 Å². The van der Waals surface area contributed by atoms with Crippen molar-refractivity contribution >= 4 is 5.97 Å². The topological polar surface area (TPSA) is 46.5 Å². The van der Waals surface area contributed by atoms with E-state index in [9.17, 15) is 4.79 Å². The van der Waals surface area contributed by atoms with Crippen molar-refractivity contribution in [2.24, 2.45) is 0 Å². The largest absolute Gasteiger partial charge is 0.491 e. The SMILES string of the molecule is Cc1cc(C(C)(C)C(=O)O)ccc1OC(C)C. The van der Waals surface area contributed by atoms with Gasteiger partial charge in [-0.25, -0.2) is 0 Å². The first kappa shape index (κ1) is 13.6. The van der Waals surface area contributed by atoms with E-state index in [4.69, 9.17) is 9.84 Å².